The number of carbonyl (C=O) groups is 1. The molecule has 0 aliphatic carbocycles. The van der Waals surface area contributed by atoms with Crippen molar-refractivity contribution >= 4 is 29.5 Å². The van der Waals surface area contributed by atoms with Gasteiger partial charge in [-0.25, -0.2) is 0 Å². The first-order valence-corrected chi connectivity index (χ1v) is 4.47. The van der Waals surface area contributed by atoms with Crippen molar-refractivity contribution in [1.29, 1.82) is 0 Å². The Morgan fingerprint density at radius 1 is 1.38 bits per heavy atom. The zero-order valence-corrected chi connectivity index (χ0v) is 8.22. The van der Waals surface area contributed by atoms with Crippen molar-refractivity contribution in [3.63, 3.8) is 0 Å². The second-order valence-corrected chi connectivity index (χ2v) is 3.42. The van der Waals surface area contributed by atoms with E-state index < -0.39 is 6.10 Å². The summed E-state index contributed by atoms with van der Waals surface area (Å²) in [5.74, 6) is 0. The predicted molar refractivity (Wildman–Crippen MR) is 52.2 cm³/mol. The number of carbonyl (C=O) groups excluding carboxylic acids is 1. The Bertz CT molecular complexity index is 292. The van der Waals surface area contributed by atoms with Gasteiger partial charge in [0.05, 0.1) is 0 Å². The van der Waals surface area contributed by atoms with Crippen molar-refractivity contribution in [3.8, 4) is 0 Å². The van der Waals surface area contributed by atoms with Gasteiger partial charge in [-0.05, 0) is 17.7 Å². The van der Waals surface area contributed by atoms with E-state index in [1.54, 1.807) is 18.2 Å². The maximum Gasteiger partial charge on any atom is 0.148 e. The molecule has 0 aliphatic rings. The van der Waals surface area contributed by atoms with Gasteiger partial charge in [0.15, 0.2) is 0 Å². The lowest BCUT2D eigenvalue weighted by Gasteiger charge is -2.07. The summed E-state index contributed by atoms with van der Waals surface area (Å²) in [6, 6.07) is 5.04. The minimum Gasteiger partial charge on any atom is -0.385 e. The first kappa shape index (κ1) is 10.5. The van der Waals surface area contributed by atoms with Crippen molar-refractivity contribution in [2.45, 2.75) is 12.5 Å². The lowest BCUT2D eigenvalue weighted by molar-refractivity contribution is -0.114. The van der Waals surface area contributed by atoms with E-state index in [1.807, 2.05) is 0 Å². The van der Waals surface area contributed by atoms with Gasteiger partial charge >= 0.3 is 0 Å². The molecule has 2 nitrogen and oxygen atoms in total. The number of aliphatic hydroxyl groups is 1. The third kappa shape index (κ3) is 2.69. The van der Waals surface area contributed by atoms with Crippen LogP contribution in [0.1, 0.15) is 5.56 Å². The van der Waals surface area contributed by atoms with Crippen molar-refractivity contribution in [1.82, 2.24) is 0 Å². The number of benzene rings is 1. The molecule has 13 heavy (non-hydrogen) atoms. The summed E-state index contributed by atoms with van der Waals surface area (Å²) in [5, 5.41) is 10.0. The standard InChI is InChI=1S/C9H8Cl2O2/c10-8-2-1-3-9(11)7(8)4-6(13)5-12/h1-3,5-6,13H,4H2. The van der Waals surface area contributed by atoms with Crippen molar-refractivity contribution < 1.29 is 9.90 Å². The molecule has 0 saturated carbocycles. The number of hydrogen-bond acceptors (Lipinski definition) is 2. The Balaban J connectivity index is 2.93. The molecule has 0 bridgehead atoms. The van der Waals surface area contributed by atoms with Crippen LogP contribution in [0.15, 0.2) is 18.2 Å². The van der Waals surface area contributed by atoms with Crippen molar-refractivity contribution in [2.24, 2.45) is 0 Å². The fourth-order valence-electron chi connectivity index (χ4n) is 0.985. The van der Waals surface area contributed by atoms with Gasteiger partial charge in [0.2, 0.25) is 0 Å². The van der Waals surface area contributed by atoms with Crippen LogP contribution in [0.3, 0.4) is 0 Å². The molecule has 1 N–H and O–H groups in total. The van der Waals surface area contributed by atoms with Crippen LogP contribution in [0.25, 0.3) is 0 Å². The number of hydrogen-bond donors (Lipinski definition) is 1. The van der Waals surface area contributed by atoms with E-state index >= 15 is 0 Å². The molecule has 1 aromatic carbocycles. The van der Waals surface area contributed by atoms with Crippen LogP contribution in [0.2, 0.25) is 10.0 Å². The zero-order chi connectivity index (χ0) is 9.84. The predicted octanol–water partition coefficient (Wildman–Crippen LogP) is 2.10. The zero-order valence-electron chi connectivity index (χ0n) is 6.71. The summed E-state index contributed by atoms with van der Waals surface area (Å²) in [4.78, 5) is 10.2. The van der Waals surface area contributed by atoms with Gasteiger partial charge in [0.1, 0.15) is 12.4 Å². The van der Waals surface area contributed by atoms with Crippen molar-refractivity contribution in [2.75, 3.05) is 0 Å². The van der Waals surface area contributed by atoms with Crippen LogP contribution in [0, 0.1) is 0 Å². The molecule has 4 heteroatoms. The lowest BCUT2D eigenvalue weighted by atomic mass is 10.1. The Labute approximate surface area is 86.1 Å². The maximum absolute atomic E-state index is 10.2. The van der Waals surface area contributed by atoms with E-state index in [0.717, 1.165) is 0 Å². The van der Waals surface area contributed by atoms with Gasteiger partial charge in [-0.15, -0.1) is 0 Å². The molecule has 0 aliphatic heterocycles. The number of halogens is 2. The Morgan fingerprint density at radius 3 is 2.38 bits per heavy atom. The molecule has 1 rings (SSSR count). The summed E-state index contributed by atoms with van der Waals surface area (Å²) in [5.41, 5.74) is 0.602. The molecular weight excluding hydrogens is 211 g/mol. The van der Waals surface area contributed by atoms with Crippen LogP contribution in [0.4, 0.5) is 0 Å². The van der Waals surface area contributed by atoms with Gasteiger partial charge in [0.25, 0.3) is 0 Å². The number of aldehydes is 1. The molecule has 0 fully saturated rings. The summed E-state index contributed by atoms with van der Waals surface area (Å²) in [7, 11) is 0. The molecule has 0 radical (unpaired) electrons. The van der Waals surface area contributed by atoms with Gasteiger partial charge in [0, 0.05) is 16.5 Å². The van der Waals surface area contributed by atoms with E-state index in [4.69, 9.17) is 28.3 Å². The highest BCUT2D eigenvalue weighted by Crippen LogP contribution is 2.25. The summed E-state index contributed by atoms with van der Waals surface area (Å²) >= 11 is 11.6. The van der Waals surface area contributed by atoms with Gasteiger partial charge in [-0.1, -0.05) is 29.3 Å². The summed E-state index contributed by atoms with van der Waals surface area (Å²) in [6.45, 7) is 0. The SMILES string of the molecule is O=CC(O)Cc1c(Cl)cccc1Cl. The fraction of sp³-hybridized carbons (Fsp3) is 0.222. The quantitative estimate of drug-likeness (QED) is 0.790. The van der Waals surface area contributed by atoms with Crippen LogP contribution >= 0.6 is 23.2 Å². The van der Waals surface area contributed by atoms with Crippen molar-refractivity contribution in [3.05, 3.63) is 33.8 Å². The van der Waals surface area contributed by atoms with E-state index in [9.17, 15) is 4.79 Å². The van der Waals surface area contributed by atoms with Gasteiger partial charge < -0.3 is 9.90 Å². The fourth-order valence-corrected chi connectivity index (χ4v) is 1.54. The van der Waals surface area contributed by atoms with E-state index in [0.29, 0.717) is 21.9 Å². The first-order chi connectivity index (χ1) is 6.15. The second-order valence-electron chi connectivity index (χ2n) is 2.61. The summed E-state index contributed by atoms with van der Waals surface area (Å²) in [6.07, 6.45) is -0.431. The number of rotatable bonds is 3. The third-order valence-corrected chi connectivity index (χ3v) is 2.34. The highest BCUT2D eigenvalue weighted by molar-refractivity contribution is 6.36. The van der Waals surface area contributed by atoms with Crippen LogP contribution in [-0.4, -0.2) is 17.5 Å². The first-order valence-electron chi connectivity index (χ1n) is 3.71. The molecule has 0 heterocycles. The van der Waals surface area contributed by atoms with E-state index in [1.165, 1.54) is 0 Å². The smallest absolute Gasteiger partial charge is 0.148 e. The van der Waals surface area contributed by atoms with Crippen LogP contribution in [0.5, 0.6) is 0 Å². The summed E-state index contributed by atoms with van der Waals surface area (Å²) < 4.78 is 0. The molecule has 0 spiro atoms. The highest BCUT2D eigenvalue weighted by atomic mass is 35.5. The Hall–Kier alpha value is -0.570. The highest BCUT2D eigenvalue weighted by Gasteiger charge is 2.10. The van der Waals surface area contributed by atoms with Crippen LogP contribution in [-0.2, 0) is 11.2 Å². The maximum atomic E-state index is 10.2. The minimum atomic E-state index is -1.04. The average molecular weight is 219 g/mol. The molecule has 1 atom stereocenters. The molecule has 70 valence electrons. The number of aliphatic hydroxyl groups excluding tert-OH is 1. The van der Waals surface area contributed by atoms with Gasteiger partial charge in [-0.2, -0.15) is 0 Å². The van der Waals surface area contributed by atoms with Crippen LogP contribution < -0.4 is 0 Å². The second kappa shape index (κ2) is 4.61. The normalized spacial score (nSPS) is 12.5. The average Bonchev–Trinajstić information content (AvgIpc) is 2.11. The molecule has 1 aromatic rings. The monoisotopic (exact) mass is 218 g/mol. The minimum absolute atomic E-state index is 0.155. The van der Waals surface area contributed by atoms with E-state index in [2.05, 4.69) is 0 Å². The molecular formula is C9H8Cl2O2. The molecule has 0 aromatic heterocycles. The van der Waals surface area contributed by atoms with Gasteiger partial charge in [-0.3, -0.25) is 0 Å². The largest absolute Gasteiger partial charge is 0.385 e. The molecule has 0 saturated heterocycles. The third-order valence-electron chi connectivity index (χ3n) is 1.63. The topological polar surface area (TPSA) is 37.3 Å². The Morgan fingerprint density at radius 2 is 1.92 bits per heavy atom. The lowest BCUT2D eigenvalue weighted by Crippen LogP contribution is -2.12. The Kier molecular flexibility index (Phi) is 3.72. The molecule has 0 amide bonds. The molecule has 1 unspecified atom stereocenters. The van der Waals surface area contributed by atoms with E-state index in [-0.39, 0.29) is 6.42 Å².